The van der Waals surface area contributed by atoms with E-state index < -0.39 is 6.04 Å². The second-order valence-electron chi connectivity index (χ2n) is 7.81. The van der Waals surface area contributed by atoms with Gasteiger partial charge in [-0.1, -0.05) is 11.6 Å². The summed E-state index contributed by atoms with van der Waals surface area (Å²) in [6, 6.07) is 8.71. The number of pyridine rings is 1. The van der Waals surface area contributed by atoms with Crippen molar-refractivity contribution in [3.05, 3.63) is 75.4 Å². The summed E-state index contributed by atoms with van der Waals surface area (Å²) >= 11 is 0. The van der Waals surface area contributed by atoms with Crippen molar-refractivity contribution in [1.29, 1.82) is 0 Å². The van der Waals surface area contributed by atoms with E-state index in [4.69, 9.17) is 9.15 Å². The van der Waals surface area contributed by atoms with E-state index in [0.29, 0.717) is 36.3 Å². The van der Waals surface area contributed by atoms with Crippen molar-refractivity contribution in [2.24, 2.45) is 0 Å². The predicted molar refractivity (Wildman–Crippen MR) is 112 cm³/mol. The van der Waals surface area contributed by atoms with Gasteiger partial charge in [0.2, 0.25) is 5.76 Å². The topological polar surface area (TPSA) is 75.9 Å². The number of aromatic nitrogens is 1. The number of carbonyl (C=O) groups excluding carboxylic acids is 1. The van der Waals surface area contributed by atoms with Crippen LogP contribution in [0.4, 0.5) is 0 Å². The molecule has 1 atom stereocenters. The highest BCUT2D eigenvalue weighted by Crippen LogP contribution is 2.37. The van der Waals surface area contributed by atoms with E-state index in [1.165, 1.54) is 0 Å². The van der Waals surface area contributed by atoms with E-state index in [9.17, 15) is 9.59 Å². The molecular weight excluding hydrogens is 382 g/mol. The number of hydrogen-bond donors (Lipinski definition) is 0. The zero-order valence-electron chi connectivity index (χ0n) is 16.8. The molecule has 0 N–H and O–H groups in total. The third kappa shape index (κ3) is 3.20. The lowest BCUT2D eigenvalue weighted by Gasteiger charge is -2.31. The Morgan fingerprint density at radius 1 is 1.07 bits per heavy atom. The Labute approximate surface area is 173 Å². The fourth-order valence-corrected chi connectivity index (χ4v) is 4.33. The lowest BCUT2D eigenvalue weighted by Crippen LogP contribution is -2.42. The zero-order chi connectivity index (χ0) is 20.7. The van der Waals surface area contributed by atoms with Crippen LogP contribution in [0, 0.1) is 6.92 Å². The largest absolute Gasteiger partial charge is 0.450 e. The first-order chi connectivity index (χ1) is 14.6. The minimum absolute atomic E-state index is 0.140. The average molecular weight is 405 g/mol. The Balaban J connectivity index is 1.60. The van der Waals surface area contributed by atoms with Crippen molar-refractivity contribution in [2.75, 3.05) is 39.4 Å². The van der Waals surface area contributed by atoms with Crippen molar-refractivity contribution in [1.82, 2.24) is 14.8 Å². The molecule has 2 aliphatic heterocycles. The van der Waals surface area contributed by atoms with Crippen LogP contribution in [0.3, 0.4) is 0 Å². The van der Waals surface area contributed by atoms with Gasteiger partial charge in [-0.15, -0.1) is 0 Å². The standard InChI is InChI=1S/C23H23N3O4/c1-15-2-3-18-17(14-15)21(27)19-20(16-4-6-24-7-5-16)26(23(28)22(19)30-18)9-8-25-10-12-29-13-11-25/h2-7,14,20H,8-13H2,1H3/t20-/m0/s1. The number of aryl methyl sites for hydroxylation is 1. The van der Waals surface area contributed by atoms with Gasteiger partial charge in [0.1, 0.15) is 5.58 Å². The molecule has 1 saturated heterocycles. The maximum atomic E-state index is 13.5. The van der Waals surface area contributed by atoms with Crippen molar-refractivity contribution in [3.8, 4) is 0 Å². The van der Waals surface area contributed by atoms with Crippen molar-refractivity contribution in [2.45, 2.75) is 13.0 Å². The van der Waals surface area contributed by atoms with Crippen LogP contribution < -0.4 is 5.43 Å². The fraction of sp³-hybridized carbons (Fsp3) is 0.348. The van der Waals surface area contributed by atoms with Crippen LogP contribution >= 0.6 is 0 Å². The molecule has 1 fully saturated rings. The van der Waals surface area contributed by atoms with Gasteiger partial charge in [-0.3, -0.25) is 19.5 Å². The summed E-state index contributed by atoms with van der Waals surface area (Å²) in [5, 5.41) is 0.510. The fourth-order valence-electron chi connectivity index (χ4n) is 4.33. The highest BCUT2D eigenvalue weighted by molar-refractivity contribution is 5.99. The maximum absolute atomic E-state index is 13.5. The van der Waals surface area contributed by atoms with E-state index in [1.807, 2.05) is 31.2 Å². The Kier molecular flexibility index (Phi) is 4.84. The third-order valence-electron chi connectivity index (χ3n) is 5.90. The third-order valence-corrected chi connectivity index (χ3v) is 5.90. The minimum atomic E-state index is -0.474. The van der Waals surface area contributed by atoms with Crippen LogP contribution in [0.1, 0.15) is 33.3 Å². The minimum Gasteiger partial charge on any atom is -0.450 e. The van der Waals surface area contributed by atoms with Crippen LogP contribution in [0.2, 0.25) is 0 Å². The van der Waals surface area contributed by atoms with E-state index in [0.717, 1.165) is 30.8 Å². The Hall–Kier alpha value is -3.03. The van der Waals surface area contributed by atoms with Crippen molar-refractivity contribution >= 4 is 16.9 Å². The molecule has 2 aliphatic rings. The monoisotopic (exact) mass is 405 g/mol. The number of fused-ring (bicyclic) bond motifs is 2. The molecule has 2 aromatic heterocycles. The second-order valence-corrected chi connectivity index (χ2v) is 7.81. The number of hydrogen-bond acceptors (Lipinski definition) is 6. The first-order valence-electron chi connectivity index (χ1n) is 10.2. The number of benzene rings is 1. The van der Waals surface area contributed by atoms with Crippen LogP contribution in [0.25, 0.3) is 11.0 Å². The highest BCUT2D eigenvalue weighted by Gasteiger charge is 2.42. The van der Waals surface area contributed by atoms with Gasteiger partial charge in [-0.05, 0) is 36.8 Å². The molecule has 154 valence electrons. The van der Waals surface area contributed by atoms with Gasteiger partial charge >= 0.3 is 0 Å². The van der Waals surface area contributed by atoms with Gasteiger partial charge in [0.25, 0.3) is 5.91 Å². The van der Waals surface area contributed by atoms with E-state index in [1.54, 1.807) is 23.4 Å². The molecule has 4 heterocycles. The molecule has 1 amide bonds. The molecule has 1 aromatic carbocycles. The smallest absolute Gasteiger partial charge is 0.290 e. The van der Waals surface area contributed by atoms with Gasteiger partial charge < -0.3 is 14.1 Å². The summed E-state index contributed by atoms with van der Waals surface area (Å²) in [5.74, 6) is -0.0835. The molecule has 7 nitrogen and oxygen atoms in total. The van der Waals surface area contributed by atoms with Gasteiger partial charge in [0, 0.05) is 38.6 Å². The molecule has 30 heavy (non-hydrogen) atoms. The Morgan fingerprint density at radius 2 is 1.83 bits per heavy atom. The first kappa shape index (κ1) is 19.0. The molecule has 0 bridgehead atoms. The lowest BCUT2D eigenvalue weighted by atomic mass is 9.99. The second kappa shape index (κ2) is 7.66. The highest BCUT2D eigenvalue weighted by atomic mass is 16.5. The molecule has 5 rings (SSSR count). The van der Waals surface area contributed by atoms with Gasteiger partial charge in [0.05, 0.1) is 30.2 Å². The number of morpholine rings is 1. The quantitative estimate of drug-likeness (QED) is 0.663. The molecule has 0 radical (unpaired) electrons. The number of amides is 1. The maximum Gasteiger partial charge on any atom is 0.290 e. The molecular formula is C23H23N3O4. The van der Waals surface area contributed by atoms with Crippen LogP contribution in [-0.4, -0.2) is 60.1 Å². The molecule has 0 spiro atoms. The average Bonchev–Trinajstić information content (AvgIpc) is 3.06. The van der Waals surface area contributed by atoms with Gasteiger partial charge in [0.15, 0.2) is 5.43 Å². The molecule has 0 unspecified atom stereocenters. The molecule has 3 aromatic rings. The number of nitrogens with zero attached hydrogens (tertiary/aromatic N) is 3. The first-order valence-corrected chi connectivity index (χ1v) is 10.2. The summed E-state index contributed by atoms with van der Waals surface area (Å²) in [4.78, 5) is 34.9. The van der Waals surface area contributed by atoms with Crippen molar-refractivity contribution in [3.63, 3.8) is 0 Å². The lowest BCUT2D eigenvalue weighted by molar-refractivity contribution is 0.0314. The van der Waals surface area contributed by atoms with Crippen LogP contribution in [0.5, 0.6) is 0 Å². The van der Waals surface area contributed by atoms with E-state index >= 15 is 0 Å². The number of carbonyl (C=O) groups is 1. The number of ether oxygens (including phenoxy) is 1. The molecule has 0 aliphatic carbocycles. The summed E-state index contributed by atoms with van der Waals surface area (Å²) in [7, 11) is 0. The predicted octanol–water partition coefficient (Wildman–Crippen LogP) is 2.37. The Morgan fingerprint density at radius 3 is 2.60 bits per heavy atom. The summed E-state index contributed by atoms with van der Waals surface area (Å²) < 4.78 is 11.4. The van der Waals surface area contributed by atoms with Crippen molar-refractivity contribution < 1.29 is 13.9 Å². The van der Waals surface area contributed by atoms with Gasteiger partial charge in [-0.2, -0.15) is 0 Å². The molecule has 7 heteroatoms. The normalized spacial score (nSPS) is 19.4. The molecule has 0 saturated carbocycles. The SMILES string of the molecule is Cc1ccc2oc3c(c(=O)c2c1)[C@H](c1ccncc1)N(CCN1CCOCC1)C3=O. The number of rotatable bonds is 4. The zero-order valence-corrected chi connectivity index (χ0v) is 16.8. The Bertz CT molecular complexity index is 1150. The summed E-state index contributed by atoms with van der Waals surface area (Å²) in [5.41, 5.74) is 2.56. The van der Waals surface area contributed by atoms with Crippen LogP contribution in [-0.2, 0) is 4.74 Å². The summed E-state index contributed by atoms with van der Waals surface area (Å²) in [6.07, 6.45) is 3.37. The van der Waals surface area contributed by atoms with E-state index in [2.05, 4.69) is 9.88 Å². The summed E-state index contributed by atoms with van der Waals surface area (Å²) in [6.45, 7) is 6.25. The van der Waals surface area contributed by atoms with E-state index in [-0.39, 0.29) is 17.1 Å². The van der Waals surface area contributed by atoms with Crippen LogP contribution in [0.15, 0.2) is 51.9 Å². The van der Waals surface area contributed by atoms with Gasteiger partial charge in [-0.25, -0.2) is 0 Å².